The van der Waals surface area contributed by atoms with Gasteiger partial charge >= 0.3 is 0 Å². The van der Waals surface area contributed by atoms with Crippen molar-refractivity contribution in [3.8, 4) is 5.69 Å². The number of aromatic nitrogens is 1. The molecular weight excluding hydrogens is 384 g/mol. The quantitative estimate of drug-likeness (QED) is 0.676. The standard InChI is InChI=1S/C15H10Br2N2O/c16-10-5-6-12(17)13(8-10)19-14(18)7-9-3-1-2-4-11(9)15(19)20/h1-8H,18H2. The molecule has 100 valence electrons. The summed E-state index contributed by atoms with van der Waals surface area (Å²) in [6.07, 6.45) is 0. The summed E-state index contributed by atoms with van der Waals surface area (Å²) in [6, 6.07) is 14.9. The van der Waals surface area contributed by atoms with E-state index in [1.54, 1.807) is 6.07 Å². The molecule has 0 amide bonds. The fourth-order valence-electron chi connectivity index (χ4n) is 2.18. The van der Waals surface area contributed by atoms with Crippen molar-refractivity contribution in [1.82, 2.24) is 4.57 Å². The maximum Gasteiger partial charge on any atom is 0.264 e. The number of hydrogen-bond acceptors (Lipinski definition) is 2. The summed E-state index contributed by atoms with van der Waals surface area (Å²) in [7, 11) is 0. The van der Waals surface area contributed by atoms with Gasteiger partial charge in [0.2, 0.25) is 0 Å². The summed E-state index contributed by atoms with van der Waals surface area (Å²) in [5.41, 5.74) is 6.66. The molecule has 2 aromatic carbocycles. The van der Waals surface area contributed by atoms with Crippen molar-refractivity contribution in [2.75, 3.05) is 5.73 Å². The number of hydrogen-bond donors (Lipinski definition) is 1. The second-order valence-electron chi connectivity index (χ2n) is 4.39. The first-order valence-electron chi connectivity index (χ1n) is 5.93. The molecule has 0 spiro atoms. The van der Waals surface area contributed by atoms with Crippen molar-refractivity contribution in [3.05, 3.63) is 67.8 Å². The van der Waals surface area contributed by atoms with Crippen molar-refractivity contribution in [1.29, 1.82) is 0 Å². The zero-order chi connectivity index (χ0) is 14.3. The van der Waals surface area contributed by atoms with E-state index in [4.69, 9.17) is 5.73 Å². The third-order valence-electron chi connectivity index (χ3n) is 3.10. The van der Waals surface area contributed by atoms with Gasteiger partial charge in [-0.3, -0.25) is 9.36 Å². The lowest BCUT2D eigenvalue weighted by atomic mass is 10.1. The molecule has 0 radical (unpaired) electrons. The van der Waals surface area contributed by atoms with Crippen LogP contribution in [-0.4, -0.2) is 4.57 Å². The number of halogens is 2. The highest BCUT2D eigenvalue weighted by molar-refractivity contribution is 9.11. The molecule has 1 aromatic heterocycles. The van der Waals surface area contributed by atoms with Gasteiger partial charge in [-0.2, -0.15) is 0 Å². The lowest BCUT2D eigenvalue weighted by Gasteiger charge is -2.13. The highest BCUT2D eigenvalue weighted by Gasteiger charge is 2.11. The molecule has 1 heterocycles. The maximum atomic E-state index is 12.7. The summed E-state index contributed by atoms with van der Waals surface area (Å²) < 4.78 is 3.21. The molecule has 0 atom stereocenters. The van der Waals surface area contributed by atoms with E-state index in [0.717, 1.165) is 14.3 Å². The van der Waals surface area contributed by atoms with Crippen LogP contribution >= 0.6 is 31.9 Å². The van der Waals surface area contributed by atoms with E-state index in [2.05, 4.69) is 31.9 Å². The van der Waals surface area contributed by atoms with E-state index < -0.39 is 0 Å². The Hall–Kier alpha value is -1.59. The van der Waals surface area contributed by atoms with Crippen molar-refractivity contribution >= 4 is 48.5 Å². The Kier molecular flexibility index (Phi) is 3.40. The zero-order valence-corrected chi connectivity index (χ0v) is 13.5. The minimum absolute atomic E-state index is 0.126. The van der Waals surface area contributed by atoms with Crippen LogP contribution in [-0.2, 0) is 0 Å². The predicted molar refractivity (Wildman–Crippen MR) is 89.4 cm³/mol. The Labute approximate surface area is 132 Å². The van der Waals surface area contributed by atoms with Gasteiger partial charge in [0.1, 0.15) is 5.82 Å². The number of fused-ring (bicyclic) bond motifs is 1. The van der Waals surface area contributed by atoms with Gasteiger partial charge in [-0.15, -0.1) is 0 Å². The lowest BCUT2D eigenvalue weighted by molar-refractivity contribution is 1.01. The smallest absolute Gasteiger partial charge is 0.264 e. The second-order valence-corrected chi connectivity index (χ2v) is 6.16. The van der Waals surface area contributed by atoms with Crippen LogP contribution in [0.4, 0.5) is 5.82 Å². The third-order valence-corrected chi connectivity index (χ3v) is 4.27. The highest BCUT2D eigenvalue weighted by atomic mass is 79.9. The summed E-state index contributed by atoms with van der Waals surface area (Å²) in [6.45, 7) is 0. The van der Waals surface area contributed by atoms with Crippen molar-refractivity contribution < 1.29 is 0 Å². The maximum absolute atomic E-state index is 12.7. The van der Waals surface area contributed by atoms with Gasteiger partial charge in [0.25, 0.3) is 5.56 Å². The fourth-order valence-corrected chi connectivity index (χ4v) is 2.96. The minimum atomic E-state index is -0.126. The monoisotopic (exact) mass is 392 g/mol. The van der Waals surface area contributed by atoms with E-state index in [1.165, 1.54) is 4.57 Å². The molecule has 0 fully saturated rings. The minimum Gasteiger partial charge on any atom is -0.385 e. The molecule has 0 bridgehead atoms. The molecule has 0 unspecified atom stereocenters. The molecule has 20 heavy (non-hydrogen) atoms. The summed E-state index contributed by atoms with van der Waals surface area (Å²) >= 11 is 6.88. The highest BCUT2D eigenvalue weighted by Crippen LogP contribution is 2.26. The Morgan fingerprint density at radius 3 is 2.55 bits per heavy atom. The molecule has 0 saturated carbocycles. The molecule has 0 saturated heterocycles. The van der Waals surface area contributed by atoms with Crippen LogP contribution in [0.25, 0.3) is 16.5 Å². The third kappa shape index (κ3) is 2.17. The number of anilines is 1. The van der Waals surface area contributed by atoms with Gasteiger partial charge in [-0.25, -0.2) is 0 Å². The Balaban J connectivity index is 2.42. The first-order chi connectivity index (χ1) is 9.58. The van der Waals surface area contributed by atoms with Gasteiger partial charge < -0.3 is 5.73 Å². The first-order valence-corrected chi connectivity index (χ1v) is 7.52. The Bertz CT molecular complexity index is 871. The molecular formula is C15H10Br2N2O. The van der Waals surface area contributed by atoms with Crippen molar-refractivity contribution in [2.45, 2.75) is 0 Å². The Morgan fingerprint density at radius 2 is 1.75 bits per heavy atom. The molecule has 2 N–H and O–H groups in total. The molecule has 3 aromatic rings. The van der Waals surface area contributed by atoms with Gasteiger partial charge in [0.05, 0.1) is 5.69 Å². The molecule has 3 nitrogen and oxygen atoms in total. The van der Waals surface area contributed by atoms with Gasteiger partial charge in [-0.05, 0) is 51.6 Å². The number of nitrogen functional groups attached to an aromatic ring is 1. The second kappa shape index (κ2) is 5.07. The summed E-state index contributed by atoms with van der Waals surface area (Å²) in [5, 5.41) is 1.49. The summed E-state index contributed by atoms with van der Waals surface area (Å²) in [5.74, 6) is 0.410. The van der Waals surface area contributed by atoms with E-state index in [9.17, 15) is 4.79 Å². The average Bonchev–Trinajstić information content (AvgIpc) is 2.42. The van der Waals surface area contributed by atoms with E-state index in [0.29, 0.717) is 16.9 Å². The van der Waals surface area contributed by atoms with Crippen LogP contribution < -0.4 is 11.3 Å². The van der Waals surface area contributed by atoms with Gasteiger partial charge in [-0.1, -0.05) is 34.1 Å². The Morgan fingerprint density at radius 1 is 1.00 bits per heavy atom. The van der Waals surface area contributed by atoms with Crippen LogP contribution in [0.3, 0.4) is 0 Å². The van der Waals surface area contributed by atoms with Gasteiger partial charge in [0.15, 0.2) is 0 Å². The topological polar surface area (TPSA) is 48.0 Å². The molecule has 5 heteroatoms. The largest absolute Gasteiger partial charge is 0.385 e. The predicted octanol–water partition coefficient (Wildman–Crippen LogP) is 4.10. The van der Waals surface area contributed by atoms with Crippen LogP contribution in [0.15, 0.2) is 62.3 Å². The van der Waals surface area contributed by atoms with Crippen LogP contribution in [0.2, 0.25) is 0 Å². The van der Waals surface area contributed by atoms with Crippen molar-refractivity contribution in [2.24, 2.45) is 0 Å². The number of nitrogens with two attached hydrogens (primary N) is 1. The number of nitrogens with zero attached hydrogens (tertiary/aromatic N) is 1. The SMILES string of the molecule is Nc1cc2ccccc2c(=O)n1-c1cc(Br)ccc1Br. The molecule has 3 rings (SSSR count). The van der Waals surface area contributed by atoms with Crippen molar-refractivity contribution in [3.63, 3.8) is 0 Å². The number of pyridine rings is 1. The van der Waals surface area contributed by atoms with E-state index >= 15 is 0 Å². The molecule has 0 aliphatic rings. The van der Waals surface area contributed by atoms with Gasteiger partial charge in [0, 0.05) is 14.3 Å². The van der Waals surface area contributed by atoms with Crippen LogP contribution in [0, 0.1) is 0 Å². The zero-order valence-electron chi connectivity index (χ0n) is 10.3. The fraction of sp³-hybridized carbons (Fsp3) is 0. The first kappa shape index (κ1) is 13.4. The van der Waals surface area contributed by atoms with Crippen LogP contribution in [0.1, 0.15) is 0 Å². The normalized spacial score (nSPS) is 10.9. The summed E-state index contributed by atoms with van der Waals surface area (Å²) in [4.78, 5) is 12.7. The van der Waals surface area contributed by atoms with E-state index in [1.807, 2.05) is 42.5 Å². The van der Waals surface area contributed by atoms with E-state index in [-0.39, 0.29) is 5.56 Å². The average molecular weight is 394 g/mol. The molecule has 0 aliphatic carbocycles. The van der Waals surface area contributed by atoms with Crippen LogP contribution in [0.5, 0.6) is 0 Å². The lowest BCUT2D eigenvalue weighted by Crippen LogP contribution is -2.21. The number of rotatable bonds is 1. The number of benzene rings is 2. The molecule has 0 aliphatic heterocycles.